The van der Waals surface area contributed by atoms with Crippen LogP contribution in [0.4, 0.5) is 0 Å². The summed E-state index contributed by atoms with van der Waals surface area (Å²) in [5, 5.41) is 0.686. The highest BCUT2D eigenvalue weighted by Crippen LogP contribution is 2.25. The number of aromatic nitrogens is 1. The first kappa shape index (κ1) is 15.7. The van der Waals surface area contributed by atoms with Crippen LogP contribution in [-0.4, -0.2) is 47.8 Å². The minimum absolute atomic E-state index is 0.0782. The Kier molecular flexibility index (Phi) is 5.35. The minimum Gasteiger partial charge on any atom is -0.379 e. The molecule has 1 fully saturated rings. The molecule has 5 nitrogen and oxygen atoms in total. The normalized spacial score (nSPS) is 19.0. The molecule has 1 aromatic rings. The molecule has 1 unspecified atom stereocenters. The summed E-state index contributed by atoms with van der Waals surface area (Å²) in [6.07, 6.45) is 4.20. The smallest absolute Gasteiger partial charge is 0.0621 e. The maximum atomic E-state index is 6.20. The summed E-state index contributed by atoms with van der Waals surface area (Å²) in [7, 11) is 0. The van der Waals surface area contributed by atoms with E-state index in [9.17, 15) is 0 Å². The standard InChI is InChI=1S/C14H23ClN4O/c1-14(2,19-5-7-20-8-6-19)13(18-16)9-11-3-4-17-10-12(11)15/h3-4,10,13,18H,5-9,16H2,1-2H3. The zero-order valence-electron chi connectivity index (χ0n) is 12.1. The van der Waals surface area contributed by atoms with Gasteiger partial charge in [0.05, 0.1) is 18.2 Å². The molecular formula is C14H23ClN4O. The predicted octanol–water partition coefficient (Wildman–Crippen LogP) is 1.22. The van der Waals surface area contributed by atoms with Crippen molar-refractivity contribution in [1.29, 1.82) is 0 Å². The number of nitrogens with zero attached hydrogens (tertiary/aromatic N) is 2. The summed E-state index contributed by atoms with van der Waals surface area (Å²) < 4.78 is 5.42. The topological polar surface area (TPSA) is 63.4 Å². The molecule has 0 aromatic carbocycles. The first-order valence-corrected chi connectivity index (χ1v) is 7.31. The van der Waals surface area contributed by atoms with Gasteiger partial charge in [0.1, 0.15) is 0 Å². The summed E-state index contributed by atoms with van der Waals surface area (Å²) in [4.78, 5) is 6.43. The van der Waals surface area contributed by atoms with Gasteiger partial charge < -0.3 is 4.74 Å². The van der Waals surface area contributed by atoms with Crippen molar-refractivity contribution >= 4 is 11.6 Å². The molecule has 1 aromatic heterocycles. The maximum absolute atomic E-state index is 6.20. The van der Waals surface area contributed by atoms with E-state index in [2.05, 4.69) is 29.2 Å². The van der Waals surface area contributed by atoms with Gasteiger partial charge in [-0.25, -0.2) is 0 Å². The lowest BCUT2D eigenvalue weighted by molar-refractivity contribution is -0.0233. The van der Waals surface area contributed by atoms with Crippen molar-refractivity contribution in [2.45, 2.75) is 31.8 Å². The van der Waals surface area contributed by atoms with Crippen LogP contribution >= 0.6 is 11.6 Å². The van der Waals surface area contributed by atoms with E-state index in [-0.39, 0.29) is 11.6 Å². The zero-order chi connectivity index (χ0) is 14.6. The number of nitrogens with two attached hydrogens (primary N) is 1. The molecule has 1 saturated heterocycles. The Bertz CT molecular complexity index is 435. The molecule has 0 saturated carbocycles. The van der Waals surface area contributed by atoms with E-state index in [0.29, 0.717) is 5.02 Å². The number of rotatable bonds is 5. The van der Waals surface area contributed by atoms with Gasteiger partial charge in [0.2, 0.25) is 0 Å². The van der Waals surface area contributed by atoms with Gasteiger partial charge in [0.25, 0.3) is 0 Å². The highest BCUT2D eigenvalue weighted by molar-refractivity contribution is 6.31. The number of ether oxygens (including phenoxy) is 1. The molecule has 0 aliphatic carbocycles. The van der Waals surface area contributed by atoms with E-state index in [0.717, 1.165) is 38.3 Å². The molecule has 0 bridgehead atoms. The Hall–Kier alpha value is -0.720. The van der Waals surface area contributed by atoms with Gasteiger partial charge in [0.15, 0.2) is 0 Å². The lowest BCUT2D eigenvalue weighted by Gasteiger charge is -2.45. The van der Waals surface area contributed by atoms with Crippen LogP contribution in [0.5, 0.6) is 0 Å². The van der Waals surface area contributed by atoms with Crippen LogP contribution in [0.2, 0.25) is 5.02 Å². The van der Waals surface area contributed by atoms with Crippen LogP contribution in [0.25, 0.3) is 0 Å². The first-order valence-electron chi connectivity index (χ1n) is 6.93. The second kappa shape index (κ2) is 6.83. The van der Waals surface area contributed by atoms with Gasteiger partial charge in [-0.3, -0.25) is 21.2 Å². The van der Waals surface area contributed by atoms with E-state index in [1.54, 1.807) is 12.4 Å². The summed E-state index contributed by atoms with van der Waals surface area (Å²) in [5.41, 5.74) is 3.94. The minimum atomic E-state index is -0.0782. The fourth-order valence-electron chi connectivity index (χ4n) is 2.66. The van der Waals surface area contributed by atoms with Crippen molar-refractivity contribution in [2.75, 3.05) is 26.3 Å². The average molecular weight is 299 g/mol. The second-order valence-corrected chi connectivity index (χ2v) is 6.05. The summed E-state index contributed by atoms with van der Waals surface area (Å²) >= 11 is 6.20. The third-order valence-corrected chi connectivity index (χ3v) is 4.50. The number of pyridine rings is 1. The molecule has 2 heterocycles. The molecule has 20 heavy (non-hydrogen) atoms. The Morgan fingerprint density at radius 1 is 1.50 bits per heavy atom. The molecule has 2 rings (SSSR count). The lowest BCUT2D eigenvalue weighted by Crippen LogP contribution is -2.62. The molecule has 1 aliphatic rings. The van der Waals surface area contributed by atoms with Gasteiger partial charge in [0, 0.05) is 37.1 Å². The van der Waals surface area contributed by atoms with Gasteiger partial charge in [-0.15, -0.1) is 0 Å². The van der Waals surface area contributed by atoms with Crippen LogP contribution in [0.1, 0.15) is 19.4 Å². The summed E-state index contributed by atoms with van der Waals surface area (Å²) in [6.45, 7) is 7.81. The molecule has 112 valence electrons. The van der Waals surface area contributed by atoms with Crippen molar-refractivity contribution in [2.24, 2.45) is 5.84 Å². The number of nitrogens with one attached hydrogen (secondary N) is 1. The van der Waals surface area contributed by atoms with Crippen molar-refractivity contribution in [1.82, 2.24) is 15.3 Å². The molecule has 1 aliphatic heterocycles. The molecule has 1 atom stereocenters. The van der Waals surface area contributed by atoms with Gasteiger partial charge in [-0.1, -0.05) is 11.6 Å². The zero-order valence-corrected chi connectivity index (χ0v) is 12.9. The highest BCUT2D eigenvalue weighted by Gasteiger charge is 2.36. The van der Waals surface area contributed by atoms with E-state index in [1.807, 2.05) is 6.07 Å². The van der Waals surface area contributed by atoms with Crippen molar-refractivity contribution in [3.05, 3.63) is 29.0 Å². The Morgan fingerprint density at radius 3 is 2.80 bits per heavy atom. The predicted molar refractivity (Wildman–Crippen MR) is 80.5 cm³/mol. The second-order valence-electron chi connectivity index (χ2n) is 5.64. The molecule has 6 heteroatoms. The van der Waals surface area contributed by atoms with Crippen LogP contribution in [-0.2, 0) is 11.2 Å². The van der Waals surface area contributed by atoms with Gasteiger partial charge >= 0.3 is 0 Å². The van der Waals surface area contributed by atoms with Gasteiger partial charge in [-0.2, -0.15) is 0 Å². The molecule has 0 spiro atoms. The van der Waals surface area contributed by atoms with E-state index >= 15 is 0 Å². The molecule has 0 amide bonds. The summed E-state index contributed by atoms with van der Waals surface area (Å²) in [5.74, 6) is 5.80. The highest BCUT2D eigenvalue weighted by atomic mass is 35.5. The number of hydrogen-bond acceptors (Lipinski definition) is 5. The maximum Gasteiger partial charge on any atom is 0.0621 e. The fraction of sp³-hybridized carbons (Fsp3) is 0.643. The van der Waals surface area contributed by atoms with Crippen molar-refractivity contribution in [3.8, 4) is 0 Å². The van der Waals surface area contributed by atoms with Crippen LogP contribution < -0.4 is 11.3 Å². The Morgan fingerprint density at radius 2 is 2.20 bits per heavy atom. The molecule has 3 N–H and O–H groups in total. The van der Waals surface area contributed by atoms with Gasteiger partial charge in [-0.05, 0) is 31.9 Å². The lowest BCUT2D eigenvalue weighted by atomic mass is 9.87. The van der Waals surface area contributed by atoms with Crippen LogP contribution in [0.3, 0.4) is 0 Å². The number of morpholine rings is 1. The largest absolute Gasteiger partial charge is 0.379 e. The SMILES string of the molecule is CC(C)(C(Cc1ccncc1Cl)NN)N1CCOCC1. The number of hydrazine groups is 1. The first-order chi connectivity index (χ1) is 9.55. The van der Waals surface area contributed by atoms with Crippen LogP contribution in [0.15, 0.2) is 18.5 Å². The fourth-order valence-corrected chi connectivity index (χ4v) is 2.86. The summed E-state index contributed by atoms with van der Waals surface area (Å²) in [6, 6.07) is 2.04. The van der Waals surface area contributed by atoms with E-state index < -0.39 is 0 Å². The Balaban J connectivity index is 2.12. The number of halogens is 1. The average Bonchev–Trinajstić information content (AvgIpc) is 2.47. The Labute approximate surface area is 125 Å². The van der Waals surface area contributed by atoms with Crippen LogP contribution in [0, 0.1) is 0 Å². The van der Waals surface area contributed by atoms with E-state index in [1.165, 1.54) is 0 Å². The van der Waals surface area contributed by atoms with Crippen molar-refractivity contribution < 1.29 is 4.74 Å². The number of hydrogen-bond donors (Lipinski definition) is 2. The quantitative estimate of drug-likeness (QED) is 0.632. The third-order valence-electron chi connectivity index (χ3n) is 4.16. The van der Waals surface area contributed by atoms with Crippen molar-refractivity contribution in [3.63, 3.8) is 0 Å². The third kappa shape index (κ3) is 3.48. The monoisotopic (exact) mass is 298 g/mol. The molecular weight excluding hydrogens is 276 g/mol. The van der Waals surface area contributed by atoms with E-state index in [4.69, 9.17) is 22.2 Å². The molecule has 0 radical (unpaired) electrons.